The molecule has 3 aliphatic rings. The summed E-state index contributed by atoms with van der Waals surface area (Å²) in [4.78, 5) is 12.0. The van der Waals surface area contributed by atoms with Crippen LogP contribution in [0.1, 0.15) is 47.5 Å². The Balaban J connectivity index is 2.40. The molecular weight excluding hydrogens is 204 g/mol. The minimum atomic E-state index is -0.395. The molecule has 92 valence electrons. The van der Waals surface area contributed by atoms with E-state index in [1.165, 1.54) is 0 Å². The van der Waals surface area contributed by atoms with E-state index in [4.69, 9.17) is 9.47 Å². The molecule has 0 N–H and O–H groups in total. The molecule has 3 rings (SSSR count). The summed E-state index contributed by atoms with van der Waals surface area (Å²) in [6.45, 7) is 10.2. The zero-order chi connectivity index (χ0) is 12.1. The highest BCUT2D eigenvalue weighted by Crippen LogP contribution is 2.47. The highest BCUT2D eigenvalue weighted by molar-refractivity contribution is 5.75. The number of carbonyl (C=O) groups is 1. The number of esters is 1. The highest BCUT2D eigenvalue weighted by atomic mass is 16.6. The van der Waals surface area contributed by atoms with Crippen molar-refractivity contribution in [2.24, 2.45) is 11.8 Å². The summed E-state index contributed by atoms with van der Waals surface area (Å²) in [6.07, 6.45) is 1.67. The van der Waals surface area contributed by atoms with Crippen LogP contribution in [0, 0.1) is 11.8 Å². The van der Waals surface area contributed by atoms with Gasteiger partial charge >= 0.3 is 5.97 Å². The van der Waals surface area contributed by atoms with Gasteiger partial charge in [-0.15, -0.1) is 0 Å². The van der Waals surface area contributed by atoms with E-state index in [0.29, 0.717) is 5.92 Å². The molecule has 0 aromatic carbocycles. The van der Waals surface area contributed by atoms with Crippen LogP contribution < -0.4 is 0 Å². The summed E-state index contributed by atoms with van der Waals surface area (Å²) in [6, 6.07) is 0. The van der Waals surface area contributed by atoms with Gasteiger partial charge in [0.2, 0.25) is 0 Å². The molecular formula is C13H22O3. The predicted octanol–water partition coefficient (Wildman–Crippen LogP) is 2.53. The normalized spacial score (nSPS) is 42.0. The third-order valence-corrected chi connectivity index (χ3v) is 4.00. The van der Waals surface area contributed by atoms with Crippen LogP contribution in [0.3, 0.4) is 0 Å². The van der Waals surface area contributed by atoms with Gasteiger partial charge in [-0.2, -0.15) is 0 Å². The van der Waals surface area contributed by atoms with Gasteiger partial charge in [-0.1, -0.05) is 13.8 Å². The number of ether oxygens (including phenoxy) is 2. The van der Waals surface area contributed by atoms with Gasteiger partial charge in [0, 0.05) is 0 Å². The Hall–Kier alpha value is -0.570. The quantitative estimate of drug-likeness (QED) is 0.644. The number of fused-ring (bicyclic) bond motifs is 4. The summed E-state index contributed by atoms with van der Waals surface area (Å²) < 4.78 is 11.8. The van der Waals surface area contributed by atoms with Gasteiger partial charge in [0.25, 0.3) is 0 Å². The van der Waals surface area contributed by atoms with Crippen molar-refractivity contribution in [3.05, 3.63) is 0 Å². The van der Waals surface area contributed by atoms with Crippen molar-refractivity contribution in [2.75, 3.05) is 0 Å². The molecule has 3 nitrogen and oxygen atoms in total. The molecule has 3 fully saturated rings. The number of carbonyl (C=O) groups excluding carboxylic acids is 1. The third-order valence-electron chi connectivity index (χ3n) is 4.00. The van der Waals surface area contributed by atoms with Crippen LogP contribution in [-0.2, 0) is 14.3 Å². The Bertz CT molecular complexity index is 308. The average molecular weight is 226 g/mol. The molecule has 0 aromatic heterocycles. The fraction of sp³-hybridized carbons (Fsp3) is 0.923. The van der Waals surface area contributed by atoms with Crippen molar-refractivity contribution in [1.82, 2.24) is 0 Å². The van der Waals surface area contributed by atoms with Crippen LogP contribution in [0.15, 0.2) is 0 Å². The first-order valence-electron chi connectivity index (χ1n) is 6.17. The minimum absolute atomic E-state index is 0.0788. The lowest BCUT2D eigenvalue weighted by atomic mass is 9.77. The topological polar surface area (TPSA) is 35.5 Å². The van der Waals surface area contributed by atoms with E-state index in [-0.39, 0.29) is 23.6 Å². The van der Waals surface area contributed by atoms with E-state index in [2.05, 4.69) is 20.8 Å². The maximum absolute atomic E-state index is 12.0. The average Bonchev–Trinajstić information content (AvgIpc) is 2.26. The molecule has 3 aliphatic heterocycles. The van der Waals surface area contributed by atoms with Crippen LogP contribution >= 0.6 is 0 Å². The van der Waals surface area contributed by atoms with Crippen molar-refractivity contribution in [1.29, 1.82) is 0 Å². The van der Waals surface area contributed by atoms with Crippen molar-refractivity contribution in [2.45, 2.75) is 64.8 Å². The lowest BCUT2D eigenvalue weighted by Crippen LogP contribution is -2.53. The van der Waals surface area contributed by atoms with Gasteiger partial charge in [0.1, 0.15) is 11.7 Å². The second kappa shape index (κ2) is 3.46. The Labute approximate surface area is 97.5 Å². The van der Waals surface area contributed by atoms with Gasteiger partial charge < -0.3 is 9.47 Å². The highest BCUT2D eigenvalue weighted by Gasteiger charge is 2.56. The van der Waals surface area contributed by atoms with E-state index in [1.54, 1.807) is 0 Å². The molecule has 16 heavy (non-hydrogen) atoms. The molecule has 3 heterocycles. The standard InChI is InChI=1S/C13H22O3/c1-8(2)10-13(5)7-6-9(11(14)15-10)12(3,4)16-13/h8-10H,6-7H2,1-5H3/t9-,10-,13-/m0/s1. The van der Waals surface area contributed by atoms with Crippen LogP contribution in [0.2, 0.25) is 0 Å². The maximum atomic E-state index is 12.0. The first kappa shape index (κ1) is 11.9. The SMILES string of the molecule is CC(C)[C@@H]1OC(=O)[C@@H]2CC[C@]1(C)OC2(C)C. The molecule has 3 atom stereocenters. The molecule has 0 radical (unpaired) electrons. The third kappa shape index (κ3) is 1.65. The zero-order valence-electron chi connectivity index (χ0n) is 10.9. The smallest absolute Gasteiger partial charge is 0.312 e. The molecule has 0 aromatic rings. The molecule has 3 saturated heterocycles. The van der Waals surface area contributed by atoms with Gasteiger partial charge in [0.15, 0.2) is 0 Å². The van der Waals surface area contributed by atoms with Crippen molar-refractivity contribution in [3.63, 3.8) is 0 Å². The maximum Gasteiger partial charge on any atom is 0.312 e. The Kier molecular flexibility index (Phi) is 2.57. The largest absolute Gasteiger partial charge is 0.459 e. The predicted molar refractivity (Wildman–Crippen MR) is 61.0 cm³/mol. The van der Waals surface area contributed by atoms with Gasteiger partial charge in [-0.05, 0) is 39.5 Å². The van der Waals surface area contributed by atoms with Gasteiger partial charge in [0.05, 0.1) is 11.5 Å². The molecule has 0 spiro atoms. The Morgan fingerprint density at radius 2 is 1.94 bits per heavy atom. The number of hydrogen-bond acceptors (Lipinski definition) is 3. The molecule has 0 aliphatic carbocycles. The molecule has 2 bridgehead atoms. The Morgan fingerprint density at radius 1 is 1.31 bits per heavy atom. The number of hydrogen-bond donors (Lipinski definition) is 0. The van der Waals surface area contributed by atoms with Crippen LogP contribution in [0.25, 0.3) is 0 Å². The number of rotatable bonds is 1. The first-order valence-corrected chi connectivity index (χ1v) is 6.17. The zero-order valence-corrected chi connectivity index (χ0v) is 10.9. The van der Waals surface area contributed by atoms with Crippen molar-refractivity contribution >= 4 is 5.97 Å². The van der Waals surface area contributed by atoms with E-state index in [1.807, 2.05) is 13.8 Å². The van der Waals surface area contributed by atoms with Crippen LogP contribution in [0.4, 0.5) is 0 Å². The minimum Gasteiger partial charge on any atom is -0.459 e. The summed E-state index contributed by atoms with van der Waals surface area (Å²) >= 11 is 0. The molecule has 0 amide bonds. The van der Waals surface area contributed by atoms with E-state index < -0.39 is 5.60 Å². The van der Waals surface area contributed by atoms with Gasteiger partial charge in [-0.25, -0.2) is 0 Å². The summed E-state index contributed by atoms with van der Waals surface area (Å²) in [7, 11) is 0. The lowest BCUT2D eigenvalue weighted by molar-refractivity contribution is -0.203. The molecule has 3 heteroatoms. The monoisotopic (exact) mass is 226 g/mol. The lowest BCUT2D eigenvalue weighted by Gasteiger charge is -2.45. The summed E-state index contributed by atoms with van der Waals surface area (Å²) in [5.74, 6) is 0.107. The van der Waals surface area contributed by atoms with Crippen molar-refractivity contribution < 1.29 is 14.3 Å². The fourth-order valence-electron chi connectivity index (χ4n) is 3.28. The molecule has 0 saturated carbocycles. The van der Waals surface area contributed by atoms with Crippen molar-refractivity contribution in [3.8, 4) is 0 Å². The Morgan fingerprint density at radius 3 is 2.44 bits per heavy atom. The molecule has 0 unspecified atom stereocenters. The van der Waals surface area contributed by atoms with Crippen LogP contribution in [-0.4, -0.2) is 23.3 Å². The second-order valence-electron chi connectivity index (χ2n) is 6.21. The first-order chi connectivity index (χ1) is 7.26. The van der Waals surface area contributed by atoms with Crippen LogP contribution in [0.5, 0.6) is 0 Å². The fourth-order valence-corrected chi connectivity index (χ4v) is 3.28. The summed E-state index contributed by atoms with van der Waals surface area (Å²) in [5.41, 5.74) is -0.714. The van der Waals surface area contributed by atoms with E-state index >= 15 is 0 Å². The summed E-state index contributed by atoms with van der Waals surface area (Å²) in [5, 5.41) is 0. The van der Waals surface area contributed by atoms with E-state index in [9.17, 15) is 4.79 Å². The second-order valence-corrected chi connectivity index (χ2v) is 6.21. The van der Waals surface area contributed by atoms with E-state index in [0.717, 1.165) is 12.8 Å². The van der Waals surface area contributed by atoms with Gasteiger partial charge in [-0.3, -0.25) is 4.79 Å².